The van der Waals surface area contributed by atoms with E-state index in [0.29, 0.717) is 0 Å². The van der Waals surface area contributed by atoms with Crippen molar-refractivity contribution in [3.05, 3.63) is 0 Å². The highest BCUT2D eigenvalue weighted by atomic mass is 32.1. The molecule has 1 N–H and O–H groups in total. The number of hydrogen-bond donors (Lipinski definition) is 1. The Hall–Kier alpha value is -0.880. The van der Waals surface area contributed by atoms with Gasteiger partial charge in [-0.2, -0.15) is 0 Å². The molecule has 0 aromatic carbocycles. The van der Waals surface area contributed by atoms with Crippen LogP contribution in [0, 0.1) is 11.8 Å². The summed E-state index contributed by atoms with van der Waals surface area (Å²) in [6, 6.07) is 0. The Bertz CT molecular complexity index is 173. The van der Waals surface area contributed by atoms with Gasteiger partial charge in [-0.05, 0) is 12.8 Å². The quantitative estimate of drug-likeness (QED) is 0.412. The van der Waals surface area contributed by atoms with Crippen molar-refractivity contribution < 1.29 is 9.90 Å². The van der Waals surface area contributed by atoms with E-state index in [1.807, 2.05) is 0 Å². The Morgan fingerprint density at radius 3 is 2.38 bits per heavy atom. The molecule has 42 valence electrons. The number of carboxylic acids is 1. The summed E-state index contributed by atoms with van der Waals surface area (Å²) < 4.78 is 0. The third-order valence-electron chi connectivity index (χ3n) is 0.433. The van der Waals surface area contributed by atoms with Crippen LogP contribution in [0.3, 0.4) is 0 Å². The van der Waals surface area contributed by atoms with E-state index < -0.39 is 5.97 Å². The first-order valence-corrected chi connectivity index (χ1v) is 2.29. The van der Waals surface area contributed by atoms with Gasteiger partial charge in [-0.25, -0.2) is 4.79 Å². The maximum absolute atomic E-state index is 9.85. The third-order valence-corrected chi connectivity index (χ3v) is 0.709. The van der Waals surface area contributed by atoms with Gasteiger partial charge in [0, 0.05) is 0 Å². The molecule has 0 aromatic rings. The fourth-order valence-electron chi connectivity index (χ4n) is 0.167. The molecule has 0 bridgehead atoms. The maximum atomic E-state index is 9.85. The minimum absolute atomic E-state index is 0.229. The summed E-state index contributed by atoms with van der Waals surface area (Å²) in [5.74, 6) is 3.47. The van der Waals surface area contributed by atoms with Crippen LogP contribution in [-0.2, 0) is 4.79 Å². The molecule has 0 heterocycles. The number of thiocarbonyl (C=S) groups is 1. The van der Waals surface area contributed by atoms with Gasteiger partial charge in [-0.1, -0.05) is 12.2 Å². The molecule has 0 fully saturated rings. The lowest BCUT2D eigenvalue weighted by Crippen LogP contribution is -2.06. The average molecular weight is 128 g/mol. The van der Waals surface area contributed by atoms with Crippen molar-refractivity contribution in [2.24, 2.45) is 0 Å². The number of carbonyl (C=O) groups is 1. The van der Waals surface area contributed by atoms with Gasteiger partial charge in [0.15, 0.2) is 4.86 Å². The highest BCUT2D eigenvalue weighted by molar-refractivity contribution is 7.82. The summed E-state index contributed by atoms with van der Waals surface area (Å²) in [5, 5.41) is 8.07. The molecule has 0 spiro atoms. The fraction of sp³-hybridized carbons (Fsp3) is 0.200. The minimum Gasteiger partial charge on any atom is -0.477 e. The molecule has 0 radical (unpaired) electrons. The molecule has 0 aliphatic heterocycles. The molecule has 0 unspecified atom stereocenters. The lowest BCUT2D eigenvalue weighted by molar-refractivity contribution is -0.128. The predicted octanol–water partition coefficient (Wildman–Crippen LogP) is 0.464. The maximum Gasteiger partial charge on any atom is 0.355 e. The van der Waals surface area contributed by atoms with E-state index in [4.69, 9.17) is 5.11 Å². The lowest BCUT2D eigenvalue weighted by atomic mass is 10.4. The Balaban J connectivity index is 3.99. The van der Waals surface area contributed by atoms with Gasteiger partial charge in [0.1, 0.15) is 0 Å². The highest BCUT2D eigenvalue weighted by Crippen LogP contribution is 1.72. The zero-order chi connectivity index (χ0) is 6.57. The second-order valence-corrected chi connectivity index (χ2v) is 1.42. The molecule has 3 heteroatoms. The second-order valence-electron chi connectivity index (χ2n) is 1.01. The van der Waals surface area contributed by atoms with Crippen LogP contribution >= 0.6 is 12.2 Å². The van der Waals surface area contributed by atoms with Crippen molar-refractivity contribution in [1.29, 1.82) is 0 Å². The average Bonchev–Trinajstić information content (AvgIpc) is 1.67. The van der Waals surface area contributed by atoms with Gasteiger partial charge in [0.05, 0.1) is 0 Å². The van der Waals surface area contributed by atoms with E-state index in [1.54, 1.807) is 0 Å². The standard InChI is InChI=1S/C5H4O2S/c1-2-3-4(8)5(6)7/h1H3,(H,6,7). The Morgan fingerprint density at radius 1 is 1.75 bits per heavy atom. The monoisotopic (exact) mass is 128 g/mol. The van der Waals surface area contributed by atoms with Crippen LogP contribution in [0.15, 0.2) is 0 Å². The van der Waals surface area contributed by atoms with Crippen LogP contribution in [0.5, 0.6) is 0 Å². The van der Waals surface area contributed by atoms with E-state index in [9.17, 15) is 4.79 Å². The topological polar surface area (TPSA) is 37.3 Å². The molecular weight excluding hydrogens is 124 g/mol. The first-order chi connectivity index (χ1) is 3.68. The lowest BCUT2D eigenvalue weighted by Gasteiger charge is -1.78. The van der Waals surface area contributed by atoms with Crippen molar-refractivity contribution in [2.75, 3.05) is 0 Å². The van der Waals surface area contributed by atoms with Gasteiger partial charge in [0.25, 0.3) is 0 Å². The van der Waals surface area contributed by atoms with Gasteiger partial charge in [-0.3, -0.25) is 0 Å². The molecule has 0 amide bonds. The first kappa shape index (κ1) is 7.12. The van der Waals surface area contributed by atoms with Crippen molar-refractivity contribution in [1.82, 2.24) is 0 Å². The fourth-order valence-corrected chi connectivity index (χ4v) is 0.269. The van der Waals surface area contributed by atoms with E-state index in [0.717, 1.165) is 0 Å². The molecule has 0 aliphatic rings. The molecule has 0 aromatic heterocycles. The SMILES string of the molecule is CC#CC(=S)C(=O)O. The summed E-state index contributed by atoms with van der Waals surface area (Å²) >= 11 is 4.30. The largest absolute Gasteiger partial charge is 0.477 e. The van der Waals surface area contributed by atoms with Crippen LogP contribution < -0.4 is 0 Å². The van der Waals surface area contributed by atoms with Crippen molar-refractivity contribution in [2.45, 2.75) is 6.92 Å². The molecule has 0 atom stereocenters. The number of rotatable bonds is 1. The number of carboxylic acid groups (broad SMARTS) is 1. The van der Waals surface area contributed by atoms with Gasteiger partial charge < -0.3 is 5.11 Å². The van der Waals surface area contributed by atoms with Crippen molar-refractivity contribution in [3.8, 4) is 11.8 Å². The van der Waals surface area contributed by atoms with Crippen molar-refractivity contribution in [3.63, 3.8) is 0 Å². The summed E-state index contributed by atoms with van der Waals surface area (Å²) in [4.78, 5) is 9.62. The Morgan fingerprint density at radius 2 is 2.25 bits per heavy atom. The number of hydrogen-bond acceptors (Lipinski definition) is 2. The third kappa shape index (κ3) is 2.32. The molecule has 8 heavy (non-hydrogen) atoms. The molecule has 0 rings (SSSR count). The second kappa shape index (κ2) is 3.16. The van der Waals surface area contributed by atoms with Crippen molar-refractivity contribution >= 4 is 23.1 Å². The molecule has 0 saturated carbocycles. The van der Waals surface area contributed by atoms with Crippen LogP contribution in [0.2, 0.25) is 0 Å². The van der Waals surface area contributed by atoms with E-state index in [1.165, 1.54) is 6.92 Å². The van der Waals surface area contributed by atoms with Gasteiger partial charge in [0.2, 0.25) is 0 Å². The molecule has 0 saturated heterocycles. The molecule has 2 nitrogen and oxygen atoms in total. The highest BCUT2D eigenvalue weighted by Gasteiger charge is 1.98. The summed E-state index contributed by atoms with van der Waals surface area (Å²) in [6.07, 6.45) is 0. The minimum atomic E-state index is -1.13. The summed E-state index contributed by atoms with van der Waals surface area (Å²) in [5.41, 5.74) is 0. The van der Waals surface area contributed by atoms with E-state index >= 15 is 0 Å². The first-order valence-electron chi connectivity index (χ1n) is 1.88. The summed E-state index contributed by atoms with van der Waals surface area (Å²) in [7, 11) is 0. The zero-order valence-corrected chi connectivity index (χ0v) is 5.08. The zero-order valence-electron chi connectivity index (χ0n) is 4.26. The number of aliphatic carboxylic acids is 1. The molecular formula is C5H4O2S. The smallest absolute Gasteiger partial charge is 0.355 e. The van der Waals surface area contributed by atoms with Gasteiger partial charge in [-0.15, -0.1) is 5.92 Å². The van der Waals surface area contributed by atoms with Gasteiger partial charge >= 0.3 is 5.97 Å². The predicted molar refractivity (Wildman–Crippen MR) is 33.7 cm³/mol. The van der Waals surface area contributed by atoms with Crippen LogP contribution in [-0.4, -0.2) is 15.9 Å². The van der Waals surface area contributed by atoms with E-state index in [2.05, 4.69) is 24.1 Å². The normalized spacial score (nSPS) is 6.62. The van der Waals surface area contributed by atoms with Crippen LogP contribution in [0.1, 0.15) is 6.92 Å². The van der Waals surface area contributed by atoms with E-state index in [-0.39, 0.29) is 4.86 Å². The Labute approximate surface area is 52.5 Å². The Kier molecular flexibility index (Phi) is 2.82. The van der Waals surface area contributed by atoms with Crippen LogP contribution in [0.25, 0.3) is 0 Å². The summed E-state index contributed by atoms with van der Waals surface area (Å²) in [6.45, 7) is 1.54. The van der Waals surface area contributed by atoms with Crippen LogP contribution in [0.4, 0.5) is 0 Å². The molecule has 0 aliphatic carbocycles.